The van der Waals surface area contributed by atoms with Crippen LogP contribution in [0, 0.1) is 6.92 Å². The molecule has 138 valence electrons. The lowest BCUT2D eigenvalue weighted by atomic mass is 9.98. The standard InChI is InChI=1S/C21H27N3O2/c1-5-6-13-22-20(25)17-11-8-12-18(23-17)21(26)24-19-15(4)9-7-10-16(19)14(2)3/h7-12,14H,5-6,13H2,1-4H3,(H,22,25)(H,24,26). The Labute approximate surface area is 155 Å². The van der Waals surface area contributed by atoms with E-state index >= 15 is 0 Å². The first-order valence-corrected chi connectivity index (χ1v) is 9.10. The summed E-state index contributed by atoms with van der Waals surface area (Å²) in [5.74, 6) is -0.287. The molecule has 0 unspecified atom stereocenters. The van der Waals surface area contributed by atoms with Crippen LogP contribution in [0.3, 0.4) is 0 Å². The number of amides is 2. The van der Waals surface area contributed by atoms with E-state index in [1.165, 1.54) is 0 Å². The fourth-order valence-electron chi connectivity index (χ4n) is 2.68. The van der Waals surface area contributed by atoms with E-state index in [0.717, 1.165) is 29.7 Å². The molecule has 2 N–H and O–H groups in total. The molecule has 1 aromatic carbocycles. The molecule has 0 aliphatic carbocycles. The van der Waals surface area contributed by atoms with E-state index in [2.05, 4.69) is 36.4 Å². The van der Waals surface area contributed by atoms with Gasteiger partial charge in [-0.1, -0.05) is 51.5 Å². The summed E-state index contributed by atoms with van der Waals surface area (Å²) in [6.45, 7) is 8.81. The maximum absolute atomic E-state index is 12.7. The van der Waals surface area contributed by atoms with Crippen LogP contribution < -0.4 is 10.6 Å². The summed E-state index contributed by atoms with van der Waals surface area (Å²) in [7, 11) is 0. The van der Waals surface area contributed by atoms with Crippen molar-refractivity contribution in [3.8, 4) is 0 Å². The molecule has 0 aliphatic heterocycles. The van der Waals surface area contributed by atoms with Crippen LogP contribution in [0.5, 0.6) is 0 Å². The number of rotatable bonds is 7. The van der Waals surface area contributed by atoms with Crippen LogP contribution in [-0.4, -0.2) is 23.3 Å². The molecular weight excluding hydrogens is 326 g/mol. The predicted octanol–water partition coefficient (Wildman–Crippen LogP) is 4.30. The van der Waals surface area contributed by atoms with E-state index in [1.54, 1.807) is 18.2 Å². The van der Waals surface area contributed by atoms with E-state index in [4.69, 9.17) is 0 Å². The Hall–Kier alpha value is -2.69. The number of nitrogens with zero attached hydrogens (tertiary/aromatic N) is 1. The fraction of sp³-hybridized carbons (Fsp3) is 0.381. The monoisotopic (exact) mass is 353 g/mol. The SMILES string of the molecule is CCCCNC(=O)c1cccc(C(=O)Nc2c(C)cccc2C(C)C)n1. The number of para-hydroxylation sites is 1. The van der Waals surface area contributed by atoms with Crippen LogP contribution in [0.1, 0.15) is 71.6 Å². The minimum absolute atomic E-state index is 0.228. The summed E-state index contributed by atoms with van der Waals surface area (Å²) in [4.78, 5) is 29.0. The molecule has 26 heavy (non-hydrogen) atoms. The number of anilines is 1. The summed E-state index contributed by atoms with van der Waals surface area (Å²) < 4.78 is 0. The van der Waals surface area contributed by atoms with E-state index in [-0.39, 0.29) is 29.1 Å². The molecule has 0 radical (unpaired) electrons. The Morgan fingerprint density at radius 1 is 1.04 bits per heavy atom. The quantitative estimate of drug-likeness (QED) is 0.729. The van der Waals surface area contributed by atoms with E-state index < -0.39 is 0 Å². The van der Waals surface area contributed by atoms with Crippen molar-refractivity contribution in [3.63, 3.8) is 0 Å². The molecule has 2 aromatic rings. The Kier molecular flexibility index (Phi) is 6.89. The zero-order chi connectivity index (χ0) is 19.1. The Morgan fingerprint density at radius 2 is 1.69 bits per heavy atom. The Morgan fingerprint density at radius 3 is 2.35 bits per heavy atom. The lowest BCUT2D eigenvalue weighted by Gasteiger charge is -2.16. The fourth-order valence-corrected chi connectivity index (χ4v) is 2.68. The molecule has 0 aliphatic rings. The predicted molar refractivity (Wildman–Crippen MR) is 105 cm³/mol. The highest BCUT2D eigenvalue weighted by Gasteiger charge is 2.16. The number of hydrogen-bond donors (Lipinski definition) is 2. The average Bonchev–Trinajstić information content (AvgIpc) is 2.63. The zero-order valence-electron chi connectivity index (χ0n) is 15.9. The van der Waals surface area contributed by atoms with Gasteiger partial charge in [0.1, 0.15) is 11.4 Å². The highest BCUT2D eigenvalue weighted by Crippen LogP contribution is 2.27. The third kappa shape index (κ3) is 4.91. The molecule has 0 fully saturated rings. The van der Waals surface area contributed by atoms with Gasteiger partial charge in [-0.3, -0.25) is 9.59 Å². The van der Waals surface area contributed by atoms with Gasteiger partial charge < -0.3 is 10.6 Å². The van der Waals surface area contributed by atoms with Gasteiger partial charge in [0.15, 0.2) is 0 Å². The van der Waals surface area contributed by atoms with Gasteiger partial charge in [-0.05, 0) is 42.5 Å². The normalized spacial score (nSPS) is 10.7. The van der Waals surface area contributed by atoms with Crippen molar-refractivity contribution >= 4 is 17.5 Å². The van der Waals surface area contributed by atoms with E-state index in [1.807, 2.05) is 25.1 Å². The molecule has 1 heterocycles. The van der Waals surface area contributed by atoms with Crippen LogP contribution in [0.15, 0.2) is 36.4 Å². The van der Waals surface area contributed by atoms with Crippen LogP contribution in [0.2, 0.25) is 0 Å². The maximum atomic E-state index is 12.7. The van der Waals surface area contributed by atoms with E-state index in [0.29, 0.717) is 6.54 Å². The summed E-state index contributed by atoms with van der Waals surface area (Å²) in [5, 5.41) is 5.78. The minimum atomic E-state index is -0.315. The molecule has 5 nitrogen and oxygen atoms in total. The van der Waals surface area contributed by atoms with Gasteiger partial charge in [-0.2, -0.15) is 0 Å². The van der Waals surface area contributed by atoms with Crippen molar-refractivity contribution in [1.29, 1.82) is 0 Å². The number of nitrogens with one attached hydrogen (secondary N) is 2. The summed E-state index contributed by atoms with van der Waals surface area (Å²) in [6.07, 6.45) is 1.92. The molecule has 0 spiro atoms. The second kappa shape index (κ2) is 9.13. The smallest absolute Gasteiger partial charge is 0.274 e. The van der Waals surface area contributed by atoms with Gasteiger partial charge in [-0.25, -0.2) is 4.98 Å². The maximum Gasteiger partial charge on any atom is 0.274 e. The molecule has 0 atom stereocenters. The topological polar surface area (TPSA) is 71.1 Å². The zero-order valence-corrected chi connectivity index (χ0v) is 15.9. The highest BCUT2D eigenvalue weighted by atomic mass is 16.2. The third-order valence-corrected chi connectivity index (χ3v) is 4.20. The van der Waals surface area contributed by atoms with Gasteiger partial charge in [0, 0.05) is 12.2 Å². The second-order valence-corrected chi connectivity index (χ2v) is 6.67. The van der Waals surface area contributed by atoms with Crippen molar-refractivity contribution < 1.29 is 9.59 Å². The first-order chi connectivity index (χ1) is 12.4. The van der Waals surface area contributed by atoms with Gasteiger partial charge >= 0.3 is 0 Å². The van der Waals surface area contributed by atoms with Gasteiger partial charge in [-0.15, -0.1) is 0 Å². The molecule has 0 saturated carbocycles. The van der Waals surface area contributed by atoms with Gasteiger partial charge in [0.2, 0.25) is 0 Å². The number of pyridine rings is 1. The van der Waals surface area contributed by atoms with Crippen molar-refractivity contribution in [1.82, 2.24) is 10.3 Å². The van der Waals surface area contributed by atoms with Gasteiger partial charge in [0.25, 0.3) is 11.8 Å². The molecule has 1 aromatic heterocycles. The average molecular weight is 353 g/mol. The molecular formula is C21H27N3O2. The first-order valence-electron chi connectivity index (χ1n) is 9.10. The first kappa shape index (κ1) is 19.6. The number of aryl methyl sites for hydroxylation is 1. The molecule has 0 saturated heterocycles. The Bertz CT molecular complexity index is 785. The number of carbonyl (C=O) groups excluding carboxylic acids is 2. The number of aromatic nitrogens is 1. The number of benzene rings is 1. The van der Waals surface area contributed by atoms with Crippen molar-refractivity contribution in [3.05, 3.63) is 58.9 Å². The summed E-state index contributed by atoms with van der Waals surface area (Å²) >= 11 is 0. The Balaban J connectivity index is 2.19. The number of hydrogen-bond acceptors (Lipinski definition) is 3. The van der Waals surface area contributed by atoms with Crippen molar-refractivity contribution in [2.75, 3.05) is 11.9 Å². The molecule has 2 rings (SSSR count). The second-order valence-electron chi connectivity index (χ2n) is 6.67. The lowest BCUT2D eigenvalue weighted by molar-refractivity contribution is 0.0948. The van der Waals surface area contributed by atoms with Crippen molar-refractivity contribution in [2.24, 2.45) is 0 Å². The molecule has 2 amide bonds. The molecule has 5 heteroatoms. The third-order valence-electron chi connectivity index (χ3n) is 4.20. The van der Waals surface area contributed by atoms with Crippen LogP contribution in [-0.2, 0) is 0 Å². The minimum Gasteiger partial charge on any atom is -0.351 e. The molecule has 0 bridgehead atoms. The van der Waals surface area contributed by atoms with Crippen LogP contribution >= 0.6 is 0 Å². The van der Waals surface area contributed by atoms with Crippen LogP contribution in [0.4, 0.5) is 5.69 Å². The highest BCUT2D eigenvalue weighted by molar-refractivity contribution is 6.04. The largest absolute Gasteiger partial charge is 0.351 e. The lowest BCUT2D eigenvalue weighted by Crippen LogP contribution is -2.26. The summed E-state index contributed by atoms with van der Waals surface area (Å²) in [6, 6.07) is 10.9. The number of unbranched alkanes of at least 4 members (excludes halogenated alkanes) is 1. The van der Waals surface area contributed by atoms with Crippen LogP contribution in [0.25, 0.3) is 0 Å². The summed E-state index contributed by atoms with van der Waals surface area (Å²) in [5.41, 5.74) is 3.37. The van der Waals surface area contributed by atoms with Crippen molar-refractivity contribution in [2.45, 2.75) is 46.5 Å². The van der Waals surface area contributed by atoms with Gasteiger partial charge in [0.05, 0.1) is 0 Å². The van der Waals surface area contributed by atoms with E-state index in [9.17, 15) is 9.59 Å². The number of carbonyl (C=O) groups is 2.